The maximum absolute atomic E-state index is 14.4. The van der Waals surface area contributed by atoms with Gasteiger partial charge in [0.15, 0.2) is 11.5 Å². The lowest BCUT2D eigenvalue weighted by atomic mass is 10.1. The van der Waals surface area contributed by atoms with E-state index in [9.17, 15) is 4.79 Å². The van der Waals surface area contributed by atoms with E-state index in [2.05, 4.69) is 0 Å². The van der Waals surface area contributed by atoms with Crippen molar-refractivity contribution in [1.82, 2.24) is 0 Å². The minimum absolute atomic E-state index is 0.313. The summed E-state index contributed by atoms with van der Waals surface area (Å²) < 4.78 is 22.1. The predicted molar refractivity (Wildman–Crippen MR) is 154 cm³/mol. The average molecular weight is 525 g/mol. The highest BCUT2D eigenvalue weighted by atomic mass is 16.5. The van der Waals surface area contributed by atoms with Crippen LogP contribution in [0.5, 0.6) is 23.0 Å². The highest BCUT2D eigenvalue weighted by Crippen LogP contribution is 2.39. The number of aryl methyl sites for hydroxylation is 1. The Kier molecular flexibility index (Phi) is 8.84. The molecule has 0 radical (unpaired) electrons. The largest absolute Gasteiger partial charge is 0.494 e. The molecular formula is C32H32N2O5. The maximum Gasteiger partial charge on any atom is 0.264 e. The van der Waals surface area contributed by atoms with Crippen molar-refractivity contribution in [3.05, 3.63) is 108 Å². The molecule has 1 amide bonds. The van der Waals surface area contributed by atoms with Crippen LogP contribution >= 0.6 is 0 Å². The molecule has 0 unspecified atom stereocenters. The molecule has 7 heteroatoms. The molecule has 0 saturated heterocycles. The Bertz CT molecular complexity index is 1410. The van der Waals surface area contributed by atoms with Crippen LogP contribution in [0.1, 0.15) is 28.4 Å². The molecule has 4 aromatic carbocycles. The van der Waals surface area contributed by atoms with Gasteiger partial charge in [0.05, 0.1) is 39.3 Å². The van der Waals surface area contributed by atoms with Gasteiger partial charge in [-0.2, -0.15) is 0 Å². The van der Waals surface area contributed by atoms with E-state index in [0.29, 0.717) is 46.6 Å². The summed E-state index contributed by atoms with van der Waals surface area (Å²) in [6.07, 6.45) is 0. The summed E-state index contributed by atoms with van der Waals surface area (Å²) in [5, 5.41) is 0. The number of amides is 1. The van der Waals surface area contributed by atoms with E-state index in [-0.39, 0.29) is 5.91 Å². The number of nitrogens with zero attached hydrogens (tertiary/aromatic N) is 2. The normalized spacial score (nSPS) is 11.1. The molecule has 0 atom stereocenters. The van der Waals surface area contributed by atoms with Crippen LogP contribution in [0.3, 0.4) is 0 Å². The maximum atomic E-state index is 14.4. The molecule has 39 heavy (non-hydrogen) atoms. The van der Waals surface area contributed by atoms with E-state index in [1.807, 2.05) is 92.7 Å². The number of aliphatic imine (C=N–C) groups is 1. The number of benzene rings is 4. The number of amidine groups is 1. The molecule has 4 rings (SSSR count). The number of hydrogen-bond acceptors (Lipinski definition) is 6. The molecule has 200 valence electrons. The lowest BCUT2D eigenvalue weighted by Gasteiger charge is -2.26. The van der Waals surface area contributed by atoms with Gasteiger partial charge in [0.25, 0.3) is 5.91 Å². The van der Waals surface area contributed by atoms with Crippen LogP contribution in [0.25, 0.3) is 0 Å². The number of carbonyl (C=O) groups excluding carboxylic acids is 1. The van der Waals surface area contributed by atoms with Crippen molar-refractivity contribution >= 4 is 23.1 Å². The monoisotopic (exact) mass is 524 g/mol. The average Bonchev–Trinajstić information content (AvgIpc) is 2.98. The zero-order chi connectivity index (χ0) is 27.8. The molecule has 0 aromatic heterocycles. The van der Waals surface area contributed by atoms with Crippen molar-refractivity contribution in [3.63, 3.8) is 0 Å². The van der Waals surface area contributed by atoms with Gasteiger partial charge in [-0.1, -0.05) is 48.0 Å². The van der Waals surface area contributed by atoms with Crippen LogP contribution in [0.4, 0.5) is 11.4 Å². The fourth-order valence-corrected chi connectivity index (χ4v) is 4.10. The minimum atomic E-state index is -0.313. The Balaban J connectivity index is 1.93. The lowest BCUT2D eigenvalue weighted by Crippen LogP contribution is -2.37. The summed E-state index contributed by atoms with van der Waals surface area (Å²) in [5.74, 6) is 2.07. The fraction of sp³-hybridized carbons (Fsp3) is 0.188. The zero-order valence-electron chi connectivity index (χ0n) is 22.8. The molecule has 0 heterocycles. The summed E-state index contributed by atoms with van der Waals surface area (Å²) in [6, 6.07) is 28.1. The Hall–Kier alpha value is -4.78. The van der Waals surface area contributed by atoms with Crippen molar-refractivity contribution in [2.75, 3.05) is 32.8 Å². The molecule has 0 bridgehead atoms. The smallest absolute Gasteiger partial charge is 0.264 e. The van der Waals surface area contributed by atoms with Crippen LogP contribution in [-0.2, 0) is 0 Å². The first-order valence-corrected chi connectivity index (χ1v) is 12.6. The first-order valence-electron chi connectivity index (χ1n) is 12.6. The van der Waals surface area contributed by atoms with Crippen molar-refractivity contribution in [2.45, 2.75) is 13.8 Å². The van der Waals surface area contributed by atoms with Gasteiger partial charge in [-0.25, -0.2) is 4.99 Å². The van der Waals surface area contributed by atoms with Crippen molar-refractivity contribution in [1.29, 1.82) is 0 Å². The highest BCUT2D eigenvalue weighted by Gasteiger charge is 2.27. The number of ether oxygens (including phenoxy) is 4. The van der Waals surface area contributed by atoms with Crippen LogP contribution < -0.4 is 23.8 Å². The minimum Gasteiger partial charge on any atom is -0.494 e. The molecule has 0 aliphatic rings. The lowest BCUT2D eigenvalue weighted by molar-refractivity contribution is 0.100. The van der Waals surface area contributed by atoms with Gasteiger partial charge in [0.2, 0.25) is 5.75 Å². The van der Waals surface area contributed by atoms with Crippen LogP contribution in [0.2, 0.25) is 0 Å². The quantitative estimate of drug-likeness (QED) is 0.177. The summed E-state index contributed by atoms with van der Waals surface area (Å²) in [4.78, 5) is 21.0. The van der Waals surface area contributed by atoms with E-state index in [4.69, 9.17) is 23.9 Å². The highest BCUT2D eigenvalue weighted by molar-refractivity contribution is 6.28. The zero-order valence-corrected chi connectivity index (χ0v) is 22.8. The third-order valence-corrected chi connectivity index (χ3v) is 6.03. The van der Waals surface area contributed by atoms with Gasteiger partial charge in [-0.3, -0.25) is 9.69 Å². The van der Waals surface area contributed by atoms with Gasteiger partial charge in [-0.15, -0.1) is 0 Å². The first kappa shape index (κ1) is 27.3. The standard InChI is InChI=1S/C32H32N2O5/c1-6-39-27-18-14-25(15-19-27)33-31(23-10-8-7-9-11-23)34(26-16-12-22(2)13-17-26)32(35)24-20-28(36-3)30(38-5)29(21-24)37-4/h7-21H,6H2,1-5H3. The molecule has 0 spiro atoms. The van der Waals surface area contributed by atoms with Gasteiger partial charge >= 0.3 is 0 Å². The Morgan fingerprint density at radius 2 is 1.38 bits per heavy atom. The van der Waals surface area contributed by atoms with Crippen LogP contribution in [0.15, 0.2) is 96.0 Å². The van der Waals surface area contributed by atoms with E-state index in [1.165, 1.54) is 21.3 Å². The first-order chi connectivity index (χ1) is 19.0. The SMILES string of the molecule is CCOc1ccc(N=C(c2ccccc2)N(C(=O)c2cc(OC)c(OC)c(OC)c2)c2ccc(C)cc2)cc1. The Morgan fingerprint density at radius 1 is 0.769 bits per heavy atom. The number of methoxy groups -OCH3 is 3. The summed E-state index contributed by atoms with van der Waals surface area (Å²) in [7, 11) is 4.57. The van der Waals surface area contributed by atoms with E-state index >= 15 is 0 Å². The molecular weight excluding hydrogens is 492 g/mol. The van der Waals surface area contributed by atoms with Gasteiger partial charge in [0, 0.05) is 11.1 Å². The van der Waals surface area contributed by atoms with Crippen molar-refractivity contribution in [3.8, 4) is 23.0 Å². The van der Waals surface area contributed by atoms with Crippen LogP contribution in [-0.4, -0.2) is 39.7 Å². The number of anilines is 1. The van der Waals surface area contributed by atoms with Gasteiger partial charge < -0.3 is 18.9 Å². The van der Waals surface area contributed by atoms with Gasteiger partial charge in [0.1, 0.15) is 11.6 Å². The topological polar surface area (TPSA) is 69.6 Å². The van der Waals surface area contributed by atoms with E-state index in [1.54, 1.807) is 17.0 Å². The molecule has 0 aliphatic heterocycles. The summed E-state index contributed by atoms with van der Waals surface area (Å²) in [5.41, 5.74) is 3.52. The summed E-state index contributed by atoms with van der Waals surface area (Å²) in [6.45, 7) is 4.51. The Morgan fingerprint density at radius 3 is 1.92 bits per heavy atom. The number of carbonyl (C=O) groups is 1. The van der Waals surface area contributed by atoms with E-state index in [0.717, 1.165) is 16.9 Å². The second-order valence-electron chi connectivity index (χ2n) is 8.62. The second-order valence-corrected chi connectivity index (χ2v) is 8.62. The molecule has 0 N–H and O–H groups in total. The third-order valence-electron chi connectivity index (χ3n) is 6.03. The van der Waals surface area contributed by atoms with Crippen molar-refractivity contribution in [2.24, 2.45) is 4.99 Å². The predicted octanol–water partition coefficient (Wildman–Crippen LogP) is 6.84. The second kappa shape index (κ2) is 12.6. The van der Waals surface area contributed by atoms with E-state index < -0.39 is 0 Å². The fourth-order valence-electron chi connectivity index (χ4n) is 4.10. The molecule has 4 aromatic rings. The van der Waals surface area contributed by atoms with Crippen molar-refractivity contribution < 1.29 is 23.7 Å². The number of hydrogen-bond donors (Lipinski definition) is 0. The molecule has 0 aliphatic carbocycles. The van der Waals surface area contributed by atoms with Gasteiger partial charge in [-0.05, 0) is 62.4 Å². The summed E-state index contributed by atoms with van der Waals surface area (Å²) >= 11 is 0. The Labute approximate surface area is 229 Å². The molecule has 0 fully saturated rings. The number of rotatable bonds is 9. The van der Waals surface area contributed by atoms with Crippen LogP contribution in [0, 0.1) is 6.92 Å². The third kappa shape index (κ3) is 6.21. The molecule has 0 saturated carbocycles. The molecule has 7 nitrogen and oxygen atoms in total.